The lowest BCUT2D eigenvalue weighted by molar-refractivity contribution is 0.0272. The standard InChI is InChI=1S/C38H43FN6O3/c39-36-13-10-29(22-41-36)30-21-32(37(40)42-23-30)38(47)43-33-2-1-3-35(33)48-24-25-4-6-26(7-5-25)27-8-11-31-28(20-27)9-12-34(31)45-16-14-44(15-17-45)18-19-46/h4-8,10-11,13,20-23,33-35,46H,1-3,9,12,14-19,24H2,(H2,40,42)(H,43,47)/t33-,34?,35-/m0/s1. The maximum Gasteiger partial charge on any atom is 0.255 e. The molecule has 2 aliphatic carbocycles. The molecule has 1 amide bonds. The Hall–Kier alpha value is -4.22. The fourth-order valence-electron chi connectivity index (χ4n) is 7.49. The lowest BCUT2D eigenvalue weighted by Gasteiger charge is -2.38. The van der Waals surface area contributed by atoms with Crippen molar-refractivity contribution in [2.24, 2.45) is 0 Å². The number of hydrogen-bond acceptors (Lipinski definition) is 8. The summed E-state index contributed by atoms with van der Waals surface area (Å²) in [6, 6.07) is 20.4. The van der Waals surface area contributed by atoms with Crippen molar-refractivity contribution in [3.05, 3.63) is 101 Å². The fourth-order valence-corrected chi connectivity index (χ4v) is 7.49. The van der Waals surface area contributed by atoms with Crippen LogP contribution in [0.4, 0.5) is 10.2 Å². The minimum Gasteiger partial charge on any atom is -0.395 e. The van der Waals surface area contributed by atoms with Gasteiger partial charge in [-0.3, -0.25) is 14.6 Å². The number of β-amino-alcohol motifs (C(OH)–C–C–N with tert-alkyl or cyclic N) is 1. The number of hydrogen-bond donors (Lipinski definition) is 3. The largest absolute Gasteiger partial charge is 0.395 e. The topological polar surface area (TPSA) is 117 Å². The Morgan fingerprint density at radius 1 is 0.917 bits per heavy atom. The molecular formula is C38H43FN6O3. The maximum absolute atomic E-state index is 13.3. The van der Waals surface area contributed by atoms with Crippen LogP contribution in [-0.2, 0) is 17.8 Å². The molecular weight excluding hydrogens is 607 g/mol. The first-order chi connectivity index (χ1) is 23.4. The predicted molar refractivity (Wildman–Crippen MR) is 184 cm³/mol. The first-order valence-corrected chi connectivity index (χ1v) is 17.0. The van der Waals surface area contributed by atoms with E-state index in [9.17, 15) is 14.3 Å². The average Bonchev–Trinajstić information content (AvgIpc) is 3.75. The van der Waals surface area contributed by atoms with E-state index in [2.05, 4.69) is 67.5 Å². The second-order valence-corrected chi connectivity index (χ2v) is 13.2. The average molecular weight is 651 g/mol. The van der Waals surface area contributed by atoms with Crippen LogP contribution in [0.2, 0.25) is 0 Å². The first-order valence-electron chi connectivity index (χ1n) is 17.0. The van der Waals surface area contributed by atoms with Gasteiger partial charge in [-0.2, -0.15) is 4.39 Å². The minimum absolute atomic E-state index is 0.102. The van der Waals surface area contributed by atoms with Crippen LogP contribution in [0.25, 0.3) is 22.3 Å². The van der Waals surface area contributed by atoms with Crippen molar-refractivity contribution in [1.29, 1.82) is 0 Å². The van der Waals surface area contributed by atoms with Crippen molar-refractivity contribution in [2.75, 3.05) is 45.1 Å². The SMILES string of the molecule is Nc1ncc(-c2ccc(F)nc2)cc1C(=O)N[C@H]1CCC[C@@H]1OCc1ccc(-c2ccc3c(c2)CCC3N2CCN(CCO)CC2)cc1. The molecule has 48 heavy (non-hydrogen) atoms. The number of nitrogen functional groups attached to an aromatic ring is 1. The third-order valence-corrected chi connectivity index (χ3v) is 10.2. The number of nitrogens with two attached hydrogens (primary N) is 1. The van der Waals surface area contributed by atoms with Gasteiger partial charge in [0, 0.05) is 62.3 Å². The van der Waals surface area contributed by atoms with Gasteiger partial charge >= 0.3 is 0 Å². The Morgan fingerprint density at radius 3 is 2.46 bits per heavy atom. The summed E-state index contributed by atoms with van der Waals surface area (Å²) in [5.41, 5.74) is 14.1. The monoisotopic (exact) mass is 650 g/mol. The smallest absolute Gasteiger partial charge is 0.255 e. The molecule has 9 nitrogen and oxygen atoms in total. The highest BCUT2D eigenvalue weighted by atomic mass is 19.1. The normalized spacial score (nSPS) is 21.3. The molecule has 4 aromatic rings. The first kappa shape index (κ1) is 32.3. The molecule has 0 spiro atoms. The molecule has 3 aliphatic rings. The van der Waals surface area contributed by atoms with Crippen LogP contribution in [0.3, 0.4) is 0 Å². The van der Waals surface area contributed by atoms with E-state index in [4.69, 9.17) is 10.5 Å². The number of piperazine rings is 1. The van der Waals surface area contributed by atoms with Crippen LogP contribution >= 0.6 is 0 Å². The fraction of sp³-hybridized carbons (Fsp3) is 0.395. The van der Waals surface area contributed by atoms with E-state index in [1.807, 2.05) is 0 Å². The number of aliphatic hydroxyl groups is 1. The highest BCUT2D eigenvalue weighted by Gasteiger charge is 2.31. The van der Waals surface area contributed by atoms with E-state index in [-0.39, 0.29) is 36.0 Å². The van der Waals surface area contributed by atoms with E-state index >= 15 is 0 Å². The van der Waals surface area contributed by atoms with Crippen molar-refractivity contribution in [3.8, 4) is 22.3 Å². The predicted octanol–water partition coefficient (Wildman–Crippen LogP) is 5.00. The van der Waals surface area contributed by atoms with Gasteiger partial charge in [0.1, 0.15) is 5.82 Å². The molecule has 7 rings (SSSR count). The molecule has 2 fully saturated rings. The highest BCUT2D eigenvalue weighted by molar-refractivity contribution is 5.99. The zero-order chi connectivity index (χ0) is 33.0. The van der Waals surface area contributed by atoms with E-state index in [1.165, 1.54) is 40.9 Å². The van der Waals surface area contributed by atoms with Crippen LogP contribution < -0.4 is 11.1 Å². The number of aliphatic hydroxyl groups excluding tert-OH is 1. The summed E-state index contributed by atoms with van der Waals surface area (Å²) in [5.74, 6) is -0.737. The number of carbonyl (C=O) groups is 1. The zero-order valence-corrected chi connectivity index (χ0v) is 27.2. The number of nitrogens with zero attached hydrogens (tertiary/aromatic N) is 4. The zero-order valence-electron chi connectivity index (χ0n) is 27.2. The van der Waals surface area contributed by atoms with E-state index in [0.717, 1.165) is 64.0 Å². The third-order valence-electron chi connectivity index (χ3n) is 10.2. The van der Waals surface area contributed by atoms with Crippen molar-refractivity contribution in [3.63, 3.8) is 0 Å². The van der Waals surface area contributed by atoms with Gasteiger partial charge in [0.15, 0.2) is 0 Å². The van der Waals surface area contributed by atoms with Crippen molar-refractivity contribution in [2.45, 2.75) is 56.9 Å². The summed E-state index contributed by atoms with van der Waals surface area (Å²) < 4.78 is 19.6. The molecule has 0 bridgehead atoms. The quantitative estimate of drug-likeness (QED) is 0.206. The molecule has 4 N–H and O–H groups in total. The number of ether oxygens (including phenoxy) is 1. The summed E-state index contributed by atoms with van der Waals surface area (Å²) in [6.45, 7) is 5.63. The summed E-state index contributed by atoms with van der Waals surface area (Å²) in [7, 11) is 0. The van der Waals surface area contributed by atoms with Gasteiger partial charge < -0.3 is 20.9 Å². The van der Waals surface area contributed by atoms with Crippen LogP contribution in [0.1, 0.15) is 58.8 Å². The van der Waals surface area contributed by atoms with Gasteiger partial charge in [0.25, 0.3) is 5.91 Å². The molecule has 3 heterocycles. The Bertz CT molecular complexity index is 1730. The van der Waals surface area contributed by atoms with Crippen LogP contribution in [0.15, 0.2) is 73.1 Å². The number of pyridine rings is 2. The van der Waals surface area contributed by atoms with Crippen LogP contribution in [0.5, 0.6) is 0 Å². The number of fused-ring (bicyclic) bond motifs is 1. The second kappa shape index (κ2) is 14.5. The molecule has 1 saturated carbocycles. The number of nitrogens with one attached hydrogen (secondary N) is 1. The van der Waals surface area contributed by atoms with Gasteiger partial charge in [-0.05, 0) is 78.1 Å². The maximum atomic E-state index is 13.3. The molecule has 1 saturated heterocycles. The Morgan fingerprint density at radius 2 is 1.69 bits per heavy atom. The van der Waals surface area contributed by atoms with Gasteiger partial charge in [0.2, 0.25) is 5.95 Å². The number of aryl methyl sites for hydroxylation is 1. The number of aromatic nitrogens is 2. The molecule has 1 aliphatic heterocycles. The molecule has 3 atom stereocenters. The lowest BCUT2D eigenvalue weighted by Crippen LogP contribution is -2.47. The second-order valence-electron chi connectivity index (χ2n) is 13.2. The van der Waals surface area contributed by atoms with Crippen LogP contribution in [0, 0.1) is 5.95 Å². The number of amides is 1. The third kappa shape index (κ3) is 7.12. The van der Waals surface area contributed by atoms with Crippen molar-refractivity contribution < 1.29 is 19.0 Å². The number of benzene rings is 2. The molecule has 2 aromatic heterocycles. The number of rotatable bonds is 10. The van der Waals surface area contributed by atoms with E-state index in [0.29, 0.717) is 23.8 Å². The van der Waals surface area contributed by atoms with Crippen molar-refractivity contribution in [1.82, 2.24) is 25.1 Å². The van der Waals surface area contributed by atoms with E-state index < -0.39 is 5.95 Å². The molecule has 1 unspecified atom stereocenters. The van der Waals surface area contributed by atoms with Gasteiger partial charge in [-0.15, -0.1) is 0 Å². The minimum atomic E-state index is -0.572. The molecule has 10 heteroatoms. The molecule has 0 radical (unpaired) electrons. The van der Waals surface area contributed by atoms with E-state index in [1.54, 1.807) is 18.3 Å². The van der Waals surface area contributed by atoms with Gasteiger partial charge in [-0.1, -0.05) is 42.5 Å². The molecule has 2 aromatic carbocycles. The number of carbonyl (C=O) groups excluding carboxylic acids is 1. The molecule has 250 valence electrons. The van der Waals surface area contributed by atoms with Crippen molar-refractivity contribution >= 4 is 11.7 Å². The van der Waals surface area contributed by atoms with Gasteiger partial charge in [0.05, 0.1) is 30.9 Å². The Labute approximate surface area is 281 Å². The summed E-state index contributed by atoms with van der Waals surface area (Å²) in [4.78, 5) is 26.1. The van der Waals surface area contributed by atoms with Crippen LogP contribution in [-0.4, -0.2) is 82.3 Å². The summed E-state index contributed by atoms with van der Waals surface area (Å²) >= 11 is 0. The van der Waals surface area contributed by atoms with Gasteiger partial charge in [-0.25, -0.2) is 9.97 Å². The lowest BCUT2D eigenvalue weighted by atomic mass is 9.98. The highest BCUT2D eigenvalue weighted by Crippen LogP contribution is 2.38. The number of halogens is 1. The number of anilines is 1. The Balaban J connectivity index is 0.940. The Kier molecular flexibility index (Phi) is 9.76. The summed E-state index contributed by atoms with van der Waals surface area (Å²) in [6.07, 6.45) is 7.79. The summed E-state index contributed by atoms with van der Waals surface area (Å²) in [5, 5.41) is 12.4.